The predicted octanol–water partition coefficient (Wildman–Crippen LogP) is 5.45. The van der Waals surface area contributed by atoms with E-state index >= 15 is 0 Å². The van der Waals surface area contributed by atoms with Crippen LogP contribution in [0.1, 0.15) is 23.8 Å². The van der Waals surface area contributed by atoms with Crippen molar-refractivity contribution in [3.63, 3.8) is 0 Å². The van der Waals surface area contributed by atoms with Crippen molar-refractivity contribution in [2.45, 2.75) is 13.3 Å². The zero-order chi connectivity index (χ0) is 16.6. The van der Waals surface area contributed by atoms with Crippen LogP contribution in [0.25, 0.3) is 11.0 Å². The van der Waals surface area contributed by atoms with Gasteiger partial charge in [0.15, 0.2) is 0 Å². The standard InChI is InChI=1S/C17H13Br2NO3/c1-2-13-15(10-5-3-4-6-14(10)23-13)16(20-22)9-7-11(18)17(21)12(19)8-9/h3-8,21-22H,2H2,1H3/b20-16+. The second kappa shape index (κ2) is 6.37. The van der Waals surface area contributed by atoms with Gasteiger partial charge in [-0.05, 0) is 50.1 Å². The van der Waals surface area contributed by atoms with E-state index in [0.29, 0.717) is 26.6 Å². The molecular weight excluding hydrogens is 426 g/mol. The zero-order valence-electron chi connectivity index (χ0n) is 12.2. The highest BCUT2D eigenvalue weighted by Gasteiger charge is 2.21. The van der Waals surface area contributed by atoms with Crippen LogP contribution in [0.2, 0.25) is 0 Å². The van der Waals surface area contributed by atoms with E-state index in [0.717, 1.165) is 22.3 Å². The Bertz CT molecular complexity index is 892. The van der Waals surface area contributed by atoms with Gasteiger partial charge in [-0.1, -0.05) is 30.3 Å². The van der Waals surface area contributed by atoms with Crippen molar-refractivity contribution in [1.82, 2.24) is 0 Å². The van der Waals surface area contributed by atoms with Crippen LogP contribution in [0.3, 0.4) is 0 Å². The van der Waals surface area contributed by atoms with Gasteiger partial charge in [0.1, 0.15) is 22.8 Å². The van der Waals surface area contributed by atoms with Gasteiger partial charge < -0.3 is 14.7 Å². The van der Waals surface area contributed by atoms with E-state index in [1.807, 2.05) is 31.2 Å². The van der Waals surface area contributed by atoms with Crippen molar-refractivity contribution in [2.24, 2.45) is 5.16 Å². The molecular formula is C17H13Br2NO3. The molecule has 2 N–H and O–H groups in total. The molecule has 0 atom stereocenters. The summed E-state index contributed by atoms with van der Waals surface area (Å²) in [7, 11) is 0. The summed E-state index contributed by atoms with van der Waals surface area (Å²) < 4.78 is 6.89. The van der Waals surface area contributed by atoms with Gasteiger partial charge in [-0.25, -0.2) is 0 Å². The van der Waals surface area contributed by atoms with Crippen molar-refractivity contribution in [1.29, 1.82) is 0 Å². The number of benzene rings is 2. The van der Waals surface area contributed by atoms with Crippen molar-refractivity contribution in [3.05, 3.63) is 62.2 Å². The minimum Gasteiger partial charge on any atom is -0.506 e. The first-order valence-electron chi connectivity index (χ1n) is 6.98. The molecule has 0 radical (unpaired) electrons. The highest BCUT2D eigenvalue weighted by Crippen LogP contribution is 2.36. The number of oxime groups is 1. The molecule has 0 bridgehead atoms. The summed E-state index contributed by atoms with van der Waals surface area (Å²) in [4.78, 5) is 0. The molecule has 0 aliphatic heterocycles. The Hall–Kier alpha value is -1.79. The lowest BCUT2D eigenvalue weighted by Crippen LogP contribution is -2.06. The Morgan fingerprint density at radius 1 is 1.17 bits per heavy atom. The highest BCUT2D eigenvalue weighted by molar-refractivity contribution is 9.11. The molecule has 1 heterocycles. The third-order valence-electron chi connectivity index (χ3n) is 3.62. The molecule has 0 spiro atoms. The quantitative estimate of drug-likeness (QED) is 0.324. The molecule has 0 saturated heterocycles. The molecule has 0 aliphatic carbocycles. The number of aromatic hydroxyl groups is 1. The van der Waals surface area contributed by atoms with Gasteiger partial charge in [0.25, 0.3) is 0 Å². The lowest BCUT2D eigenvalue weighted by molar-refractivity contribution is 0.319. The summed E-state index contributed by atoms with van der Waals surface area (Å²) in [5.41, 5.74) is 2.56. The van der Waals surface area contributed by atoms with E-state index < -0.39 is 0 Å². The molecule has 0 unspecified atom stereocenters. The molecule has 23 heavy (non-hydrogen) atoms. The Kier molecular flexibility index (Phi) is 4.46. The molecule has 0 fully saturated rings. The second-order valence-electron chi connectivity index (χ2n) is 4.99. The maximum atomic E-state index is 9.87. The van der Waals surface area contributed by atoms with E-state index in [9.17, 15) is 10.3 Å². The van der Waals surface area contributed by atoms with Gasteiger partial charge in [0.2, 0.25) is 0 Å². The Morgan fingerprint density at radius 2 is 1.83 bits per heavy atom. The van der Waals surface area contributed by atoms with Crippen LogP contribution in [-0.2, 0) is 6.42 Å². The number of aryl methyl sites for hydroxylation is 1. The topological polar surface area (TPSA) is 66.0 Å². The van der Waals surface area contributed by atoms with E-state index in [1.54, 1.807) is 12.1 Å². The molecule has 6 heteroatoms. The molecule has 2 aromatic carbocycles. The Labute approximate surface area is 149 Å². The maximum absolute atomic E-state index is 9.87. The van der Waals surface area contributed by atoms with Gasteiger partial charge in [0, 0.05) is 17.4 Å². The minimum absolute atomic E-state index is 0.0961. The molecule has 0 saturated carbocycles. The molecule has 4 nitrogen and oxygen atoms in total. The van der Waals surface area contributed by atoms with E-state index in [4.69, 9.17) is 4.42 Å². The third-order valence-corrected chi connectivity index (χ3v) is 4.83. The lowest BCUT2D eigenvalue weighted by Gasteiger charge is -2.08. The fourth-order valence-corrected chi connectivity index (χ4v) is 3.75. The first kappa shape index (κ1) is 16.1. The fourth-order valence-electron chi connectivity index (χ4n) is 2.56. The maximum Gasteiger partial charge on any atom is 0.143 e. The molecule has 3 rings (SSSR count). The number of hydrogen-bond donors (Lipinski definition) is 2. The summed E-state index contributed by atoms with van der Waals surface area (Å²) >= 11 is 6.61. The van der Waals surface area contributed by atoms with E-state index in [1.165, 1.54) is 0 Å². The normalized spacial score (nSPS) is 12.0. The second-order valence-corrected chi connectivity index (χ2v) is 6.70. The van der Waals surface area contributed by atoms with Gasteiger partial charge in [-0.3, -0.25) is 0 Å². The summed E-state index contributed by atoms with van der Waals surface area (Å²) in [6.07, 6.45) is 0.670. The highest BCUT2D eigenvalue weighted by atomic mass is 79.9. The monoisotopic (exact) mass is 437 g/mol. The number of para-hydroxylation sites is 1. The smallest absolute Gasteiger partial charge is 0.143 e. The van der Waals surface area contributed by atoms with E-state index in [2.05, 4.69) is 37.0 Å². The van der Waals surface area contributed by atoms with Crippen LogP contribution in [0, 0.1) is 0 Å². The van der Waals surface area contributed by atoms with Crippen molar-refractivity contribution >= 4 is 48.5 Å². The van der Waals surface area contributed by atoms with Gasteiger partial charge in [0.05, 0.1) is 14.5 Å². The summed E-state index contributed by atoms with van der Waals surface area (Å²) in [5.74, 6) is 0.845. The number of furan rings is 1. The molecule has 1 aromatic heterocycles. The number of rotatable bonds is 3. The fraction of sp³-hybridized carbons (Fsp3) is 0.118. The summed E-state index contributed by atoms with van der Waals surface area (Å²) in [5, 5.41) is 23.9. The van der Waals surface area contributed by atoms with Crippen molar-refractivity contribution in [2.75, 3.05) is 0 Å². The van der Waals surface area contributed by atoms with Crippen molar-refractivity contribution < 1.29 is 14.7 Å². The largest absolute Gasteiger partial charge is 0.506 e. The lowest BCUT2D eigenvalue weighted by atomic mass is 9.98. The number of halogens is 2. The number of phenols is 1. The first-order valence-corrected chi connectivity index (χ1v) is 8.56. The zero-order valence-corrected chi connectivity index (χ0v) is 15.3. The molecule has 118 valence electrons. The number of phenolic OH excluding ortho intramolecular Hbond substituents is 1. The molecule has 0 amide bonds. The van der Waals surface area contributed by atoms with Crippen LogP contribution < -0.4 is 0 Å². The van der Waals surface area contributed by atoms with Gasteiger partial charge in [-0.2, -0.15) is 0 Å². The number of hydrogen-bond acceptors (Lipinski definition) is 4. The number of fused-ring (bicyclic) bond motifs is 1. The molecule has 0 aliphatic rings. The van der Waals surface area contributed by atoms with Gasteiger partial charge in [-0.15, -0.1) is 0 Å². The average molecular weight is 439 g/mol. The average Bonchev–Trinajstić information content (AvgIpc) is 2.92. The SMILES string of the molecule is CCc1oc2ccccc2c1/C(=N/O)c1cc(Br)c(O)c(Br)c1. The molecule has 3 aromatic rings. The van der Waals surface area contributed by atoms with Crippen molar-refractivity contribution in [3.8, 4) is 5.75 Å². The first-order chi connectivity index (χ1) is 11.1. The van der Waals surface area contributed by atoms with Crippen LogP contribution >= 0.6 is 31.9 Å². The minimum atomic E-state index is 0.0961. The summed E-state index contributed by atoms with van der Waals surface area (Å²) in [6, 6.07) is 11.0. The van der Waals surface area contributed by atoms with Crippen LogP contribution in [0.4, 0.5) is 0 Å². The Balaban J connectivity index is 2.27. The van der Waals surface area contributed by atoms with Crippen LogP contribution in [-0.4, -0.2) is 16.0 Å². The third kappa shape index (κ3) is 2.77. The number of nitrogens with zero attached hydrogens (tertiary/aromatic N) is 1. The van der Waals surface area contributed by atoms with Crippen LogP contribution in [0.15, 0.2) is 54.9 Å². The Morgan fingerprint density at radius 3 is 2.43 bits per heavy atom. The predicted molar refractivity (Wildman–Crippen MR) is 96.5 cm³/mol. The van der Waals surface area contributed by atoms with Crippen LogP contribution in [0.5, 0.6) is 5.75 Å². The summed E-state index contributed by atoms with van der Waals surface area (Å²) in [6.45, 7) is 1.98. The van der Waals surface area contributed by atoms with E-state index in [-0.39, 0.29) is 5.75 Å². The van der Waals surface area contributed by atoms with Gasteiger partial charge >= 0.3 is 0 Å².